The van der Waals surface area contributed by atoms with Crippen LogP contribution in [0.2, 0.25) is 5.02 Å². The van der Waals surface area contributed by atoms with Crippen LogP contribution in [0.5, 0.6) is 0 Å². The molecule has 10 heteroatoms. The van der Waals surface area contributed by atoms with Gasteiger partial charge in [-0.05, 0) is 42.9 Å². The number of anilines is 1. The highest BCUT2D eigenvalue weighted by Gasteiger charge is 2.17. The summed E-state index contributed by atoms with van der Waals surface area (Å²) < 4.78 is 5.50. The number of thiophene rings is 1. The fraction of sp³-hybridized carbons (Fsp3) is 0.188. The van der Waals surface area contributed by atoms with Crippen molar-refractivity contribution in [2.75, 3.05) is 12.4 Å². The third kappa shape index (κ3) is 5.16. The number of hydrogen-bond acceptors (Lipinski definition) is 5. The predicted molar refractivity (Wildman–Crippen MR) is 111 cm³/mol. The minimum absolute atomic E-state index is 0.124. The van der Waals surface area contributed by atoms with E-state index in [1.807, 2.05) is 6.92 Å². The molecule has 1 heterocycles. The molecule has 0 spiro atoms. The largest absolute Gasteiger partial charge is 0.465 e. The molecule has 0 unspecified atom stereocenters. The Bertz CT molecular complexity index is 857. The smallest absolute Gasteiger partial charge is 0.340 e. The Morgan fingerprint density at radius 3 is 2.65 bits per heavy atom. The predicted octanol–water partition coefficient (Wildman–Crippen LogP) is 4.14. The molecule has 6 nitrogen and oxygen atoms in total. The molecule has 0 atom stereocenters. The molecule has 3 N–H and O–H groups in total. The summed E-state index contributed by atoms with van der Waals surface area (Å²) in [5, 5.41) is 3.87. The molecule has 2 rings (SSSR count). The lowest BCUT2D eigenvalue weighted by Crippen LogP contribution is -2.43. The maximum atomic E-state index is 12.2. The summed E-state index contributed by atoms with van der Waals surface area (Å²) in [5.74, 6) is -0.912. The van der Waals surface area contributed by atoms with Gasteiger partial charge in [-0.25, -0.2) is 4.79 Å². The number of amides is 1. The van der Waals surface area contributed by atoms with Crippen molar-refractivity contribution in [3.8, 4) is 0 Å². The number of nitrogens with one attached hydrogen (secondary N) is 3. The number of hydrazine groups is 1. The SMILES string of the molecule is CCc1cc(C(=O)OC)c(NC(=S)NNC(=O)c2cc(Br)ccc2Cl)s1. The summed E-state index contributed by atoms with van der Waals surface area (Å²) in [5.41, 5.74) is 5.73. The lowest BCUT2D eigenvalue weighted by atomic mass is 10.2. The van der Waals surface area contributed by atoms with Crippen molar-refractivity contribution in [1.82, 2.24) is 10.9 Å². The standard InChI is InChI=1S/C16H15BrClN3O3S2/c1-3-9-7-11(15(23)24-2)14(26-9)19-16(25)21-20-13(22)10-6-8(17)4-5-12(10)18/h4-7H,3H2,1-2H3,(H,20,22)(H2,19,21,25). The van der Waals surface area contributed by atoms with Gasteiger partial charge in [0, 0.05) is 9.35 Å². The topological polar surface area (TPSA) is 79.5 Å². The lowest BCUT2D eigenvalue weighted by molar-refractivity contribution is 0.0602. The van der Waals surface area contributed by atoms with Gasteiger partial charge in [0.25, 0.3) is 5.91 Å². The number of esters is 1. The summed E-state index contributed by atoms with van der Waals surface area (Å²) in [6, 6.07) is 6.69. The van der Waals surface area contributed by atoms with Gasteiger partial charge in [-0.1, -0.05) is 34.5 Å². The molecule has 26 heavy (non-hydrogen) atoms. The van der Waals surface area contributed by atoms with E-state index in [9.17, 15) is 9.59 Å². The minimum Gasteiger partial charge on any atom is -0.465 e. The molecule has 0 radical (unpaired) electrons. The summed E-state index contributed by atoms with van der Waals surface area (Å²) in [7, 11) is 1.31. The second-order valence-corrected chi connectivity index (χ2v) is 7.83. The van der Waals surface area contributed by atoms with Gasteiger partial charge in [-0.2, -0.15) is 0 Å². The van der Waals surface area contributed by atoms with Crippen molar-refractivity contribution in [2.45, 2.75) is 13.3 Å². The Balaban J connectivity index is 2.03. The molecule has 1 aromatic heterocycles. The first kappa shape index (κ1) is 20.6. The first-order valence-corrected chi connectivity index (χ1v) is 9.78. The molecule has 0 aliphatic heterocycles. The van der Waals surface area contributed by atoms with E-state index in [0.29, 0.717) is 15.6 Å². The van der Waals surface area contributed by atoms with E-state index in [2.05, 4.69) is 32.1 Å². The Morgan fingerprint density at radius 1 is 1.27 bits per heavy atom. The second-order valence-electron chi connectivity index (χ2n) is 4.96. The Morgan fingerprint density at radius 2 is 2.00 bits per heavy atom. The average Bonchev–Trinajstić information content (AvgIpc) is 3.03. The van der Waals surface area contributed by atoms with Gasteiger partial charge in [0.2, 0.25) is 0 Å². The minimum atomic E-state index is -0.462. The number of rotatable bonds is 4. The van der Waals surface area contributed by atoms with Crippen molar-refractivity contribution < 1.29 is 14.3 Å². The molecule has 138 valence electrons. The molecule has 2 aromatic rings. The van der Waals surface area contributed by atoms with E-state index < -0.39 is 11.9 Å². The van der Waals surface area contributed by atoms with Crippen LogP contribution in [-0.4, -0.2) is 24.1 Å². The fourth-order valence-electron chi connectivity index (χ4n) is 1.96. The molecule has 0 saturated heterocycles. The molecule has 1 aromatic carbocycles. The van der Waals surface area contributed by atoms with Gasteiger partial charge in [0.1, 0.15) is 5.00 Å². The number of hydrogen-bond donors (Lipinski definition) is 3. The molecule has 0 bridgehead atoms. The van der Waals surface area contributed by atoms with E-state index in [1.54, 1.807) is 24.3 Å². The zero-order valence-corrected chi connectivity index (χ0v) is 17.8. The quantitative estimate of drug-likeness (QED) is 0.350. The van der Waals surface area contributed by atoms with E-state index in [1.165, 1.54) is 18.4 Å². The van der Waals surface area contributed by atoms with Crippen LogP contribution in [0.4, 0.5) is 5.00 Å². The van der Waals surface area contributed by atoms with E-state index in [-0.39, 0.29) is 10.7 Å². The van der Waals surface area contributed by atoms with Gasteiger partial charge < -0.3 is 10.1 Å². The zero-order chi connectivity index (χ0) is 19.3. The number of methoxy groups -OCH3 is 1. The van der Waals surface area contributed by atoms with Crippen molar-refractivity contribution in [3.05, 3.63) is 49.8 Å². The number of thiocarbonyl (C=S) groups is 1. The highest BCUT2D eigenvalue weighted by atomic mass is 79.9. The molecular weight excluding hydrogens is 462 g/mol. The van der Waals surface area contributed by atoms with Gasteiger partial charge in [-0.15, -0.1) is 11.3 Å². The van der Waals surface area contributed by atoms with Crippen LogP contribution in [0.1, 0.15) is 32.5 Å². The van der Waals surface area contributed by atoms with E-state index in [0.717, 1.165) is 15.8 Å². The van der Waals surface area contributed by atoms with Crippen molar-refractivity contribution in [3.63, 3.8) is 0 Å². The Kier molecular flexibility index (Phi) is 7.39. The van der Waals surface area contributed by atoms with Crippen LogP contribution in [0.15, 0.2) is 28.7 Å². The zero-order valence-electron chi connectivity index (χ0n) is 13.8. The van der Waals surface area contributed by atoms with Crippen LogP contribution in [-0.2, 0) is 11.2 Å². The number of halogens is 2. The van der Waals surface area contributed by atoms with Crippen LogP contribution < -0.4 is 16.2 Å². The van der Waals surface area contributed by atoms with Crippen molar-refractivity contribution >= 4 is 73.1 Å². The number of aryl methyl sites for hydroxylation is 1. The molecule has 0 saturated carbocycles. The molecule has 0 aliphatic carbocycles. The van der Waals surface area contributed by atoms with Crippen molar-refractivity contribution in [2.24, 2.45) is 0 Å². The Labute approximate surface area is 173 Å². The second kappa shape index (κ2) is 9.31. The highest BCUT2D eigenvalue weighted by Crippen LogP contribution is 2.29. The summed E-state index contributed by atoms with van der Waals surface area (Å²) in [6.45, 7) is 1.98. The number of carbonyl (C=O) groups excluding carboxylic acids is 2. The fourth-order valence-corrected chi connectivity index (χ4v) is 3.73. The number of carbonyl (C=O) groups is 2. The highest BCUT2D eigenvalue weighted by molar-refractivity contribution is 9.10. The maximum absolute atomic E-state index is 12.2. The van der Waals surface area contributed by atoms with Crippen molar-refractivity contribution in [1.29, 1.82) is 0 Å². The summed E-state index contributed by atoms with van der Waals surface area (Å²) in [6.07, 6.45) is 0.772. The number of benzene rings is 1. The van der Waals surface area contributed by atoms with E-state index >= 15 is 0 Å². The molecule has 0 fully saturated rings. The lowest BCUT2D eigenvalue weighted by Gasteiger charge is -2.12. The third-order valence-electron chi connectivity index (χ3n) is 3.23. The first-order chi connectivity index (χ1) is 12.3. The van der Waals surface area contributed by atoms with Gasteiger partial charge in [0.05, 0.1) is 23.3 Å². The first-order valence-electron chi connectivity index (χ1n) is 7.39. The van der Waals surface area contributed by atoms with Crippen LogP contribution in [0.3, 0.4) is 0 Å². The molecule has 0 aliphatic rings. The average molecular weight is 477 g/mol. The molecular formula is C16H15BrClN3O3S2. The van der Waals surface area contributed by atoms with Gasteiger partial charge in [-0.3, -0.25) is 15.6 Å². The van der Waals surface area contributed by atoms with Crippen LogP contribution >= 0.6 is 51.1 Å². The van der Waals surface area contributed by atoms with Gasteiger partial charge in [0.15, 0.2) is 5.11 Å². The maximum Gasteiger partial charge on any atom is 0.340 e. The third-order valence-corrected chi connectivity index (χ3v) is 5.45. The summed E-state index contributed by atoms with van der Waals surface area (Å²) in [4.78, 5) is 25.1. The number of ether oxygens (including phenoxy) is 1. The Hall–Kier alpha value is -1.68. The monoisotopic (exact) mass is 475 g/mol. The van der Waals surface area contributed by atoms with E-state index in [4.69, 9.17) is 28.6 Å². The van der Waals surface area contributed by atoms with Crippen LogP contribution in [0, 0.1) is 0 Å². The summed E-state index contributed by atoms with van der Waals surface area (Å²) >= 11 is 15.9. The van der Waals surface area contributed by atoms with Crippen LogP contribution in [0.25, 0.3) is 0 Å². The van der Waals surface area contributed by atoms with Gasteiger partial charge >= 0.3 is 5.97 Å². The normalized spacial score (nSPS) is 10.2. The molecule has 1 amide bonds.